The first-order valence-corrected chi connectivity index (χ1v) is 6.52. The van der Waals surface area contributed by atoms with Crippen LogP contribution < -0.4 is 0 Å². The summed E-state index contributed by atoms with van der Waals surface area (Å²) in [6.45, 7) is 1.89. The molecule has 0 bridgehead atoms. The van der Waals surface area contributed by atoms with Crippen molar-refractivity contribution in [2.75, 3.05) is 7.11 Å². The number of hydrogen-bond donors (Lipinski definition) is 0. The zero-order valence-electron chi connectivity index (χ0n) is 9.63. The molecule has 2 unspecified atom stereocenters. The Labute approximate surface area is 109 Å². The van der Waals surface area contributed by atoms with Gasteiger partial charge in [0.15, 0.2) is 5.01 Å². The van der Waals surface area contributed by atoms with Crippen molar-refractivity contribution in [1.82, 2.24) is 10.2 Å². The van der Waals surface area contributed by atoms with Gasteiger partial charge >= 0.3 is 0 Å². The fourth-order valence-electron chi connectivity index (χ4n) is 1.52. The molecule has 2 rings (SSSR count). The predicted molar refractivity (Wildman–Crippen MR) is 69.5 cm³/mol. The van der Waals surface area contributed by atoms with Gasteiger partial charge in [-0.25, -0.2) is 0 Å². The Morgan fingerprint density at radius 3 is 2.35 bits per heavy atom. The van der Waals surface area contributed by atoms with E-state index >= 15 is 0 Å². The summed E-state index contributed by atoms with van der Waals surface area (Å²) in [4.78, 5) is 0. The lowest BCUT2D eigenvalue weighted by Gasteiger charge is -2.11. The van der Waals surface area contributed by atoms with Gasteiger partial charge in [0.1, 0.15) is 11.1 Å². The molecular weight excluding hydrogens is 256 g/mol. The van der Waals surface area contributed by atoms with Gasteiger partial charge in [-0.2, -0.15) is 0 Å². The summed E-state index contributed by atoms with van der Waals surface area (Å²) in [6.07, 6.45) is -0.169. The number of benzene rings is 1. The molecule has 90 valence electrons. The van der Waals surface area contributed by atoms with Crippen molar-refractivity contribution >= 4 is 22.9 Å². The maximum atomic E-state index is 5.98. The number of methoxy groups -OCH3 is 1. The van der Waals surface area contributed by atoms with Crippen molar-refractivity contribution in [3.8, 4) is 0 Å². The largest absolute Gasteiger partial charge is 0.369 e. The number of hydrogen-bond acceptors (Lipinski definition) is 4. The quantitative estimate of drug-likeness (QED) is 0.795. The first-order valence-electron chi connectivity index (χ1n) is 5.27. The molecule has 0 saturated carbocycles. The second-order valence-electron chi connectivity index (χ2n) is 3.62. The number of halogens is 1. The first kappa shape index (κ1) is 12.5. The van der Waals surface area contributed by atoms with Gasteiger partial charge in [0.25, 0.3) is 0 Å². The highest BCUT2D eigenvalue weighted by atomic mass is 35.5. The number of rotatable bonds is 4. The summed E-state index contributed by atoms with van der Waals surface area (Å²) in [5.41, 5.74) is 1.07. The van der Waals surface area contributed by atoms with Crippen molar-refractivity contribution in [2.24, 2.45) is 0 Å². The van der Waals surface area contributed by atoms with Gasteiger partial charge in [0, 0.05) is 7.11 Å². The third kappa shape index (κ3) is 2.83. The molecule has 0 saturated heterocycles. The lowest BCUT2D eigenvalue weighted by molar-refractivity contribution is 0.135. The van der Waals surface area contributed by atoms with Gasteiger partial charge in [-0.05, 0) is 12.5 Å². The molecule has 5 heteroatoms. The molecule has 0 aliphatic rings. The van der Waals surface area contributed by atoms with Crippen LogP contribution in [-0.2, 0) is 4.74 Å². The van der Waals surface area contributed by atoms with E-state index in [1.807, 2.05) is 37.3 Å². The van der Waals surface area contributed by atoms with Crippen LogP contribution in [0.25, 0.3) is 0 Å². The highest BCUT2D eigenvalue weighted by Gasteiger charge is 2.19. The lowest BCUT2D eigenvalue weighted by atomic mass is 10.1. The van der Waals surface area contributed by atoms with E-state index in [0.717, 1.165) is 15.6 Å². The third-order valence-corrected chi connectivity index (χ3v) is 3.84. The Morgan fingerprint density at radius 1 is 1.18 bits per heavy atom. The smallest absolute Gasteiger partial charge is 0.151 e. The Balaban J connectivity index is 2.29. The van der Waals surface area contributed by atoms with Crippen molar-refractivity contribution in [3.63, 3.8) is 0 Å². The Morgan fingerprint density at radius 2 is 1.82 bits per heavy atom. The summed E-state index contributed by atoms with van der Waals surface area (Å²) < 4.78 is 5.48. The topological polar surface area (TPSA) is 35.0 Å². The fourth-order valence-corrected chi connectivity index (χ4v) is 2.58. The van der Waals surface area contributed by atoms with Crippen LogP contribution >= 0.6 is 22.9 Å². The molecular formula is C12H13ClN2OS. The van der Waals surface area contributed by atoms with Crippen LogP contribution in [0.5, 0.6) is 0 Å². The molecule has 17 heavy (non-hydrogen) atoms. The van der Waals surface area contributed by atoms with Crippen LogP contribution in [0.3, 0.4) is 0 Å². The Hall–Kier alpha value is -0.970. The normalized spacial score (nSPS) is 14.5. The monoisotopic (exact) mass is 268 g/mol. The maximum Gasteiger partial charge on any atom is 0.151 e. The third-order valence-electron chi connectivity index (χ3n) is 2.36. The molecule has 0 N–H and O–H groups in total. The zero-order chi connectivity index (χ0) is 12.3. The van der Waals surface area contributed by atoms with Crippen molar-refractivity contribution in [2.45, 2.75) is 18.4 Å². The van der Waals surface area contributed by atoms with Crippen LogP contribution in [0.1, 0.15) is 34.0 Å². The number of aromatic nitrogens is 2. The summed E-state index contributed by atoms with van der Waals surface area (Å²) in [5.74, 6) is 0. The molecule has 0 radical (unpaired) electrons. The average Bonchev–Trinajstić information content (AvgIpc) is 2.81. The van der Waals surface area contributed by atoms with Gasteiger partial charge < -0.3 is 4.74 Å². The molecule has 0 spiro atoms. The minimum Gasteiger partial charge on any atom is -0.369 e. The maximum absolute atomic E-state index is 5.98. The van der Waals surface area contributed by atoms with Crippen molar-refractivity contribution in [3.05, 3.63) is 45.9 Å². The summed E-state index contributed by atoms with van der Waals surface area (Å²) in [7, 11) is 1.67. The van der Waals surface area contributed by atoms with E-state index in [4.69, 9.17) is 16.3 Å². The number of alkyl halides is 1. The minimum absolute atomic E-state index is 0.116. The first-order chi connectivity index (χ1) is 8.22. The van der Waals surface area contributed by atoms with Crippen molar-refractivity contribution < 1.29 is 4.74 Å². The highest BCUT2D eigenvalue weighted by molar-refractivity contribution is 7.11. The van der Waals surface area contributed by atoms with Crippen molar-refractivity contribution in [1.29, 1.82) is 0 Å². The van der Waals surface area contributed by atoms with Crippen LogP contribution in [0, 0.1) is 0 Å². The molecule has 0 aliphatic carbocycles. The summed E-state index contributed by atoms with van der Waals surface area (Å²) >= 11 is 7.47. The van der Waals surface area contributed by atoms with E-state index in [2.05, 4.69) is 10.2 Å². The van der Waals surface area contributed by atoms with E-state index in [1.165, 1.54) is 11.3 Å². The number of nitrogens with zero attached hydrogens (tertiary/aromatic N) is 2. The van der Waals surface area contributed by atoms with E-state index < -0.39 is 0 Å². The molecule has 0 fully saturated rings. The van der Waals surface area contributed by atoms with Gasteiger partial charge in [-0.3, -0.25) is 0 Å². The van der Waals surface area contributed by atoms with Gasteiger partial charge in [0.2, 0.25) is 0 Å². The SMILES string of the molecule is COC(c1ccccc1)c1nnc(C(C)Cl)s1. The predicted octanol–water partition coefficient (Wildman–Crippen LogP) is 3.57. The molecule has 2 aromatic rings. The highest BCUT2D eigenvalue weighted by Crippen LogP contribution is 2.31. The van der Waals surface area contributed by atoms with Crippen LogP contribution in [-0.4, -0.2) is 17.3 Å². The second kappa shape index (κ2) is 5.58. The van der Waals surface area contributed by atoms with Crippen LogP contribution in [0.4, 0.5) is 0 Å². The standard InChI is InChI=1S/C12H13ClN2OS/c1-8(13)11-14-15-12(17-11)10(16-2)9-6-4-3-5-7-9/h3-8,10H,1-2H3. The average molecular weight is 269 g/mol. The van der Waals surface area contributed by atoms with E-state index in [-0.39, 0.29) is 11.5 Å². The Kier molecular flexibility index (Phi) is 4.10. The molecule has 1 heterocycles. The van der Waals surface area contributed by atoms with E-state index in [0.29, 0.717) is 0 Å². The van der Waals surface area contributed by atoms with Gasteiger partial charge in [0.05, 0.1) is 5.38 Å². The molecule has 0 aliphatic heterocycles. The summed E-state index contributed by atoms with van der Waals surface area (Å²) in [6, 6.07) is 9.96. The van der Waals surface area contributed by atoms with Gasteiger partial charge in [-0.1, -0.05) is 41.7 Å². The zero-order valence-corrected chi connectivity index (χ0v) is 11.2. The minimum atomic E-state index is -0.169. The van der Waals surface area contributed by atoms with E-state index in [1.54, 1.807) is 7.11 Å². The number of ether oxygens (including phenoxy) is 1. The van der Waals surface area contributed by atoms with E-state index in [9.17, 15) is 0 Å². The van der Waals surface area contributed by atoms with Crippen LogP contribution in [0.15, 0.2) is 30.3 Å². The summed E-state index contributed by atoms with van der Waals surface area (Å²) in [5, 5.41) is 9.75. The second-order valence-corrected chi connectivity index (χ2v) is 5.32. The van der Waals surface area contributed by atoms with Gasteiger partial charge in [-0.15, -0.1) is 21.8 Å². The van der Waals surface area contributed by atoms with Crippen LogP contribution in [0.2, 0.25) is 0 Å². The lowest BCUT2D eigenvalue weighted by Crippen LogP contribution is -2.02. The molecule has 1 aromatic carbocycles. The molecule has 3 nitrogen and oxygen atoms in total. The molecule has 1 aromatic heterocycles. The molecule has 0 amide bonds. The fraction of sp³-hybridized carbons (Fsp3) is 0.333. The molecule has 2 atom stereocenters. The Bertz CT molecular complexity index is 472.